The number of nitrogens with zero attached hydrogens (tertiary/aromatic N) is 2. The fraction of sp³-hybridized carbons (Fsp3) is 0.188. The van der Waals surface area contributed by atoms with Crippen LogP contribution in [-0.4, -0.2) is 15.5 Å². The summed E-state index contributed by atoms with van der Waals surface area (Å²) in [5.74, 6) is -0.218. The van der Waals surface area contributed by atoms with Gasteiger partial charge >= 0.3 is 0 Å². The van der Waals surface area contributed by atoms with Crippen molar-refractivity contribution < 1.29 is 4.79 Å². The molecule has 2 aromatic heterocycles. The maximum Gasteiger partial charge on any atom is 0.261 e. The molecule has 2 heterocycles. The molecule has 1 aromatic carbocycles. The number of benzene rings is 1. The van der Waals surface area contributed by atoms with Crippen molar-refractivity contribution in [2.24, 2.45) is 0 Å². The lowest BCUT2D eigenvalue weighted by Crippen LogP contribution is -2.33. The van der Waals surface area contributed by atoms with Gasteiger partial charge in [0.2, 0.25) is 5.91 Å². The largest absolute Gasteiger partial charge is 0.347 e. The van der Waals surface area contributed by atoms with Crippen LogP contribution in [0.4, 0.5) is 0 Å². The Balaban J connectivity index is 1.80. The maximum absolute atomic E-state index is 12.5. The minimum absolute atomic E-state index is 0.0516. The Morgan fingerprint density at radius 3 is 3.00 bits per heavy atom. The number of hydrogen-bond acceptors (Lipinski definition) is 4. The second-order valence-corrected chi connectivity index (χ2v) is 7.04. The minimum atomic E-state index is -0.227. The Bertz CT molecular complexity index is 905. The molecule has 0 aliphatic heterocycles. The van der Waals surface area contributed by atoms with E-state index in [0.29, 0.717) is 10.9 Å². The van der Waals surface area contributed by atoms with Crippen LogP contribution < -0.4 is 10.9 Å². The predicted octanol–water partition coefficient (Wildman–Crippen LogP) is 3.10. The standard InChI is InChI=1S/C16H14BrN3O2S/c1-10(14-3-2-6-23-14)19-15(21)8-20-9-18-13-5-4-11(17)7-12(13)16(20)22/h2-7,9-10H,8H2,1H3,(H,19,21). The van der Waals surface area contributed by atoms with E-state index < -0.39 is 0 Å². The van der Waals surface area contributed by atoms with Gasteiger partial charge in [0.1, 0.15) is 6.54 Å². The van der Waals surface area contributed by atoms with Crippen molar-refractivity contribution >= 4 is 44.1 Å². The highest BCUT2D eigenvalue weighted by Crippen LogP contribution is 2.18. The number of hydrogen-bond donors (Lipinski definition) is 1. The molecule has 0 aliphatic rings. The van der Waals surface area contributed by atoms with Crippen LogP contribution in [0, 0.1) is 0 Å². The second-order valence-electron chi connectivity index (χ2n) is 5.14. The number of amides is 1. The molecule has 0 spiro atoms. The van der Waals surface area contributed by atoms with Crippen LogP contribution in [0.25, 0.3) is 10.9 Å². The molecule has 0 saturated carbocycles. The van der Waals surface area contributed by atoms with E-state index in [9.17, 15) is 9.59 Å². The van der Waals surface area contributed by atoms with Gasteiger partial charge in [0.15, 0.2) is 0 Å². The van der Waals surface area contributed by atoms with E-state index >= 15 is 0 Å². The second kappa shape index (κ2) is 6.64. The molecule has 0 radical (unpaired) electrons. The van der Waals surface area contributed by atoms with Crippen molar-refractivity contribution in [2.45, 2.75) is 19.5 Å². The van der Waals surface area contributed by atoms with Gasteiger partial charge in [-0.25, -0.2) is 4.98 Å². The summed E-state index contributed by atoms with van der Waals surface area (Å²) < 4.78 is 2.13. The Morgan fingerprint density at radius 1 is 1.43 bits per heavy atom. The van der Waals surface area contributed by atoms with Crippen LogP contribution in [0.5, 0.6) is 0 Å². The number of halogens is 1. The van der Waals surface area contributed by atoms with Gasteiger partial charge < -0.3 is 5.32 Å². The Labute approximate surface area is 145 Å². The van der Waals surface area contributed by atoms with E-state index in [0.717, 1.165) is 9.35 Å². The monoisotopic (exact) mass is 391 g/mol. The van der Waals surface area contributed by atoms with Crippen molar-refractivity contribution in [1.29, 1.82) is 0 Å². The predicted molar refractivity (Wildman–Crippen MR) is 94.6 cm³/mol. The number of carbonyl (C=O) groups is 1. The zero-order valence-electron chi connectivity index (χ0n) is 12.3. The SMILES string of the molecule is CC(NC(=O)Cn1cnc2ccc(Br)cc2c1=O)c1cccs1. The maximum atomic E-state index is 12.5. The lowest BCUT2D eigenvalue weighted by molar-refractivity contribution is -0.122. The topological polar surface area (TPSA) is 64.0 Å². The molecule has 118 valence electrons. The van der Waals surface area contributed by atoms with Crippen LogP contribution in [0.1, 0.15) is 17.8 Å². The minimum Gasteiger partial charge on any atom is -0.347 e. The average Bonchev–Trinajstić information content (AvgIpc) is 3.05. The highest BCUT2D eigenvalue weighted by molar-refractivity contribution is 9.10. The summed E-state index contributed by atoms with van der Waals surface area (Å²) in [5, 5.41) is 5.35. The summed E-state index contributed by atoms with van der Waals surface area (Å²) in [6.07, 6.45) is 1.41. The number of carbonyl (C=O) groups excluding carboxylic acids is 1. The first-order valence-electron chi connectivity index (χ1n) is 7.02. The lowest BCUT2D eigenvalue weighted by Gasteiger charge is -2.13. The van der Waals surface area contributed by atoms with E-state index in [4.69, 9.17) is 0 Å². The highest BCUT2D eigenvalue weighted by Gasteiger charge is 2.12. The molecular formula is C16H14BrN3O2S. The third kappa shape index (κ3) is 3.51. The lowest BCUT2D eigenvalue weighted by atomic mass is 10.2. The van der Waals surface area contributed by atoms with Gasteiger partial charge in [-0.05, 0) is 36.6 Å². The van der Waals surface area contributed by atoms with Gasteiger partial charge in [0, 0.05) is 9.35 Å². The van der Waals surface area contributed by atoms with E-state index in [-0.39, 0.29) is 24.1 Å². The molecule has 0 aliphatic carbocycles. The number of rotatable bonds is 4. The molecular weight excluding hydrogens is 378 g/mol. The number of fused-ring (bicyclic) bond motifs is 1. The molecule has 1 unspecified atom stereocenters. The molecule has 23 heavy (non-hydrogen) atoms. The van der Waals surface area contributed by atoms with Crippen molar-refractivity contribution in [2.75, 3.05) is 0 Å². The molecule has 1 atom stereocenters. The Hall–Kier alpha value is -1.99. The quantitative estimate of drug-likeness (QED) is 0.742. The molecule has 1 amide bonds. The average molecular weight is 392 g/mol. The van der Waals surface area contributed by atoms with Gasteiger partial charge in [-0.15, -0.1) is 11.3 Å². The van der Waals surface area contributed by atoms with E-state index in [1.54, 1.807) is 23.5 Å². The zero-order chi connectivity index (χ0) is 16.4. The Morgan fingerprint density at radius 2 is 2.26 bits per heavy atom. The van der Waals surface area contributed by atoms with Crippen molar-refractivity contribution in [1.82, 2.24) is 14.9 Å². The van der Waals surface area contributed by atoms with Crippen molar-refractivity contribution in [3.8, 4) is 0 Å². The number of thiophene rings is 1. The van der Waals surface area contributed by atoms with Crippen LogP contribution in [-0.2, 0) is 11.3 Å². The summed E-state index contributed by atoms with van der Waals surface area (Å²) in [5.41, 5.74) is 0.386. The number of nitrogens with one attached hydrogen (secondary N) is 1. The fourth-order valence-corrected chi connectivity index (χ4v) is 3.39. The summed E-state index contributed by atoms with van der Waals surface area (Å²) in [4.78, 5) is 29.9. The summed E-state index contributed by atoms with van der Waals surface area (Å²) in [7, 11) is 0. The van der Waals surface area contributed by atoms with Crippen LogP contribution >= 0.6 is 27.3 Å². The fourth-order valence-electron chi connectivity index (χ4n) is 2.29. The highest BCUT2D eigenvalue weighted by atomic mass is 79.9. The first-order chi connectivity index (χ1) is 11.0. The molecule has 5 nitrogen and oxygen atoms in total. The summed E-state index contributed by atoms with van der Waals surface area (Å²) >= 11 is 4.93. The Kier molecular flexibility index (Phi) is 4.58. The number of aromatic nitrogens is 2. The smallest absolute Gasteiger partial charge is 0.261 e. The van der Waals surface area contributed by atoms with E-state index in [1.807, 2.05) is 30.5 Å². The van der Waals surface area contributed by atoms with Gasteiger partial charge in [-0.3, -0.25) is 14.2 Å². The van der Waals surface area contributed by atoms with Gasteiger partial charge in [-0.1, -0.05) is 22.0 Å². The van der Waals surface area contributed by atoms with Crippen LogP contribution in [0.3, 0.4) is 0 Å². The van der Waals surface area contributed by atoms with Crippen LogP contribution in [0.15, 0.2) is 51.3 Å². The van der Waals surface area contributed by atoms with Crippen molar-refractivity contribution in [3.05, 3.63) is 61.7 Å². The van der Waals surface area contributed by atoms with Gasteiger partial charge in [0.25, 0.3) is 5.56 Å². The third-order valence-corrected chi connectivity index (χ3v) is 5.00. The molecule has 7 heteroatoms. The first kappa shape index (κ1) is 15.9. The molecule has 1 N–H and O–H groups in total. The summed E-state index contributed by atoms with van der Waals surface area (Å²) in [6, 6.07) is 9.14. The van der Waals surface area contributed by atoms with Crippen molar-refractivity contribution in [3.63, 3.8) is 0 Å². The molecule has 3 aromatic rings. The molecule has 0 bridgehead atoms. The van der Waals surface area contributed by atoms with Gasteiger partial charge in [0.05, 0.1) is 23.3 Å². The summed E-state index contributed by atoms with van der Waals surface area (Å²) in [6.45, 7) is 1.87. The van der Waals surface area contributed by atoms with Gasteiger partial charge in [-0.2, -0.15) is 0 Å². The molecule has 0 fully saturated rings. The van der Waals surface area contributed by atoms with Crippen LogP contribution in [0.2, 0.25) is 0 Å². The molecule has 3 rings (SSSR count). The first-order valence-corrected chi connectivity index (χ1v) is 8.69. The van der Waals surface area contributed by atoms with E-state index in [1.165, 1.54) is 10.9 Å². The normalized spacial score (nSPS) is 12.3. The molecule has 0 saturated heterocycles. The zero-order valence-corrected chi connectivity index (χ0v) is 14.7. The third-order valence-electron chi connectivity index (χ3n) is 3.45. The van der Waals surface area contributed by atoms with E-state index in [2.05, 4.69) is 26.2 Å².